The number of hydrogen-bond donors (Lipinski definition) is 0. The molecule has 3 aromatic carbocycles. The molecule has 0 N–H and O–H groups in total. The number of aromatic nitrogens is 1. The lowest BCUT2D eigenvalue weighted by Gasteiger charge is -2.24. The maximum absolute atomic E-state index is 9.53. The van der Waals surface area contributed by atoms with Crippen molar-refractivity contribution in [2.75, 3.05) is 0 Å². The van der Waals surface area contributed by atoms with Gasteiger partial charge in [0.2, 0.25) is 0 Å². The van der Waals surface area contributed by atoms with Crippen LogP contribution >= 0.6 is 0 Å². The lowest BCUT2D eigenvalue weighted by atomic mass is 10.1. The van der Waals surface area contributed by atoms with Gasteiger partial charge < -0.3 is 4.57 Å². The van der Waals surface area contributed by atoms with Crippen molar-refractivity contribution in [3.8, 4) is 6.07 Å². The molecule has 0 saturated carbocycles. The molecule has 0 aliphatic heterocycles. The molecular formula is C28H27N3. The summed E-state index contributed by atoms with van der Waals surface area (Å²) in [5.41, 5.74) is 6.93. The highest BCUT2D eigenvalue weighted by atomic mass is 15.1. The van der Waals surface area contributed by atoms with E-state index in [4.69, 9.17) is 0 Å². The van der Waals surface area contributed by atoms with Gasteiger partial charge in [0.15, 0.2) is 0 Å². The monoisotopic (exact) mass is 405 g/mol. The molecule has 0 aliphatic carbocycles. The summed E-state index contributed by atoms with van der Waals surface area (Å²) in [6, 6.07) is 33.8. The van der Waals surface area contributed by atoms with Gasteiger partial charge in [-0.3, -0.25) is 4.90 Å². The largest absolute Gasteiger partial charge is 0.346 e. The molecule has 0 fully saturated rings. The Morgan fingerprint density at radius 2 is 1.48 bits per heavy atom. The summed E-state index contributed by atoms with van der Waals surface area (Å²) in [6.45, 7) is 5.35. The quantitative estimate of drug-likeness (QED) is 0.364. The topological polar surface area (TPSA) is 32.0 Å². The van der Waals surface area contributed by atoms with Gasteiger partial charge in [-0.05, 0) is 41.8 Å². The van der Waals surface area contributed by atoms with Gasteiger partial charge in [0, 0.05) is 38.1 Å². The molecule has 0 saturated heterocycles. The normalized spacial score (nSPS) is 10.9. The van der Waals surface area contributed by atoms with Gasteiger partial charge in [-0.15, -0.1) is 0 Å². The van der Waals surface area contributed by atoms with Crippen molar-refractivity contribution >= 4 is 0 Å². The van der Waals surface area contributed by atoms with Crippen LogP contribution in [-0.4, -0.2) is 9.47 Å². The molecule has 0 spiro atoms. The Kier molecular flexibility index (Phi) is 6.62. The predicted octanol–water partition coefficient (Wildman–Crippen LogP) is 5.92. The van der Waals surface area contributed by atoms with Crippen LogP contribution in [0.15, 0.2) is 97.2 Å². The summed E-state index contributed by atoms with van der Waals surface area (Å²) in [5.74, 6) is 0. The Labute approximate surface area is 184 Å². The van der Waals surface area contributed by atoms with Crippen LogP contribution in [0.4, 0.5) is 0 Å². The molecule has 3 nitrogen and oxygen atoms in total. The lowest BCUT2D eigenvalue weighted by molar-refractivity contribution is 0.241. The van der Waals surface area contributed by atoms with Crippen molar-refractivity contribution < 1.29 is 0 Å². The first-order valence-corrected chi connectivity index (χ1v) is 10.6. The summed E-state index contributed by atoms with van der Waals surface area (Å²) >= 11 is 0. The van der Waals surface area contributed by atoms with E-state index in [0.717, 1.165) is 37.3 Å². The smallest absolute Gasteiger partial charge is 0.0995 e. The Balaban J connectivity index is 1.57. The van der Waals surface area contributed by atoms with Crippen LogP contribution in [0.5, 0.6) is 0 Å². The Hall–Kier alpha value is -3.61. The van der Waals surface area contributed by atoms with Crippen LogP contribution in [0, 0.1) is 18.3 Å². The highest BCUT2D eigenvalue weighted by Crippen LogP contribution is 2.18. The van der Waals surface area contributed by atoms with Crippen LogP contribution in [0.3, 0.4) is 0 Å². The second kappa shape index (κ2) is 9.93. The number of aryl methyl sites for hydroxylation is 1. The third-order valence-electron chi connectivity index (χ3n) is 5.56. The summed E-state index contributed by atoms with van der Waals surface area (Å²) in [7, 11) is 0. The van der Waals surface area contributed by atoms with Crippen molar-refractivity contribution in [1.82, 2.24) is 9.47 Å². The van der Waals surface area contributed by atoms with E-state index < -0.39 is 0 Å². The summed E-state index contributed by atoms with van der Waals surface area (Å²) < 4.78 is 2.32. The van der Waals surface area contributed by atoms with Gasteiger partial charge in [0.25, 0.3) is 0 Å². The van der Waals surface area contributed by atoms with Gasteiger partial charge in [0.05, 0.1) is 11.6 Å². The third-order valence-corrected chi connectivity index (χ3v) is 5.56. The van der Waals surface area contributed by atoms with Crippen molar-refractivity contribution in [3.63, 3.8) is 0 Å². The molecule has 0 aliphatic rings. The van der Waals surface area contributed by atoms with Gasteiger partial charge in [-0.1, -0.05) is 78.4 Å². The van der Waals surface area contributed by atoms with Gasteiger partial charge in [0.1, 0.15) is 0 Å². The number of nitriles is 1. The Morgan fingerprint density at radius 1 is 0.742 bits per heavy atom. The first kappa shape index (κ1) is 20.7. The van der Waals surface area contributed by atoms with Crippen LogP contribution < -0.4 is 0 Å². The van der Waals surface area contributed by atoms with E-state index in [1.54, 1.807) is 0 Å². The van der Waals surface area contributed by atoms with Crippen molar-refractivity contribution in [1.29, 1.82) is 5.26 Å². The molecule has 1 aromatic heterocycles. The molecule has 0 bridgehead atoms. The molecule has 4 rings (SSSR count). The fourth-order valence-corrected chi connectivity index (χ4v) is 3.88. The molecule has 31 heavy (non-hydrogen) atoms. The zero-order chi connectivity index (χ0) is 21.5. The highest BCUT2D eigenvalue weighted by molar-refractivity contribution is 5.37. The standard InChI is InChI=1S/C28H27N3/c1-23-13-15-25(16-14-23)20-31-17-7-12-28(31)22-30(19-24-8-3-2-4-9-24)21-27-11-6-5-10-26(27)18-29/h2-17H,19-22H2,1H3. The highest BCUT2D eigenvalue weighted by Gasteiger charge is 2.13. The van der Waals surface area contributed by atoms with Gasteiger partial charge in [-0.2, -0.15) is 5.26 Å². The van der Waals surface area contributed by atoms with E-state index in [9.17, 15) is 5.26 Å². The minimum atomic E-state index is 0.730. The lowest BCUT2D eigenvalue weighted by Crippen LogP contribution is -2.24. The van der Waals surface area contributed by atoms with E-state index in [1.807, 2.05) is 24.3 Å². The SMILES string of the molecule is Cc1ccc(Cn2cccc2CN(Cc2ccccc2)Cc2ccccc2C#N)cc1. The maximum Gasteiger partial charge on any atom is 0.0995 e. The maximum atomic E-state index is 9.53. The molecule has 0 radical (unpaired) electrons. The number of rotatable bonds is 8. The Morgan fingerprint density at radius 3 is 2.26 bits per heavy atom. The molecule has 4 aromatic rings. The minimum Gasteiger partial charge on any atom is -0.346 e. The molecule has 0 atom stereocenters. The molecular weight excluding hydrogens is 378 g/mol. The second-order valence-electron chi connectivity index (χ2n) is 8.01. The summed E-state index contributed by atoms with van der Waals surface area (Å²) in [4.78, 5) is 2.41. The molecule has 0 unspecified atom stereocenters. The summed E-state index contributed by atoms with van der Waals surface area (Å²) in [6.07, 6.45) is 2.15. The van der Waals surface area contributed by atoms with Crippen LogP contribution in [0.1, 0.15) is 33.5 Å². The van der Waals surface area contributed by atoms with Crippen LogP contribution in [0.25, 0.3) is 0 Å². The first-order chi connectivity index (χ1) is 15.2. The van der Waals surface area contributed by atoms with Crippen molar-refractivity contribution in [2.45, 2.75) is 33.1 Å². The number of benzene rings is 3. The van der Waals surface area contributed by atoms with E-state index in [0.29, 0.717) is 0 Å². The van der Waals surface area contributed by atoms with Crippen LogP contribution in [0.2, 0.25) is 0 Å². The third kappa shape index (κ3) is 5.51. The first-order valence-electron chi connectivity index (χ1n) is 10.6. The second-order valence-corrected chi connectivity index (χ2v) is 8.01. The van der Waals surface area contributed by atoms with E-state index in [-0.39, 0.29) is 0 Å². The van der Waals surface area contributed by atoms with E-state index in [1.165, 1.54) is 22.4 Å². The zero-order valence-corrected chi connectivity index (χ0v) is 17.9. The summed E-state index contributed by atoms with van der Waals surface area (Å²) in [5, 5.41) is 9.53. The minimum absolute atomic E-state index is 0.730. The number of nitrogens with zero attached hydrogens (tertiary/aromatic N) is 3. The van der Waals surface area contributed by atoms with Gasteiger partial charge >= 0.3 is 0 Å². The average molecular weight is 406 g/mol. The van der Waals surface area contributed by atoms with Crippen LogP contribution in [-0.2, 0) is 26.2 Å². The van der Waals surface area contributed by atoms with Gasteiger partial charge in [-0.25, -0.2) is 0 Å². The van der Waals surface area contributed by atoms with E-state index in [2.05, 4.69) is 95.4 Å². The zero-order valence-electron chi connectivity index (χ0n) is 17.9. The molecule has 1 heterocycles. The molecule has 0 amide bonds. The molecule has 154 valence electrons. The fraction of sp³-hybridized carbons (Fsp3) is 0.179. The predicted molar refractivity (Wildman–Crippen MR) is 125 cm³/mol. The number of hydrogen-bond acceptors (Lipinski definition) is 2. The van der Waals surface area contributed by atoms with Crippen molar-refractivity contribution in [3.05, 3.63) is 131 Å². The Bertz CT molecular complexity index is 1150. The van der Waals surface area contributed by atoms with Crippen molar-refractivity contribution in [2.24, 2.45) is 0 Å². The average Bonchev–Trinajstić information content (AvgIpc) is 3.23. The van der Waals surface area contributed by atoms with E-state index >= 15 is 0 Å². The molecule has 3 heteroatoms. The fourth-order valence-electron chi connectivity index (χ4n) is 3.88.